The van der Waals surface area contributed by atoms with Gasteiger partial charge in [0.25, 0.3) is 0 Å². The highest BCUT2D eigenvalue weighted by Gasteiger charge is 2.11. The minimum absolute atomic E-state index is 0.00427. The Hall–Kier alpha value is -1.88. The first-order valence-corrected chi connectivity index (χ1v) is 7.42. The molecule has 0 bridgehead atoms. The Morgan fingerprint density at radius 3 is 2.95 bits per heavy atom. The number of aromatic nitrogens is 1. The first-order chi connectivity index (χ1) is 9.63. The van der Waals surface area contributed by atoms with Crippen LogP contribution < -0.4 is 10.1 Å². The maximum absolute atomic E-state index is 11.6. The lowest BCUT2D eigenvalue weighted by atomic mass is 10.1. The Labute approximate surface area is 122 Å². The summed E-state index contributed by atoms with van der Waals surface area (Å²) in [7, 11) is 1.64. The number of thiazole rings is 1. The van der Waals surface area contributed by atoms with Crippen LogP contribution in [0.1, 0.15) is 25.3 Å². The normalized spacial score (nSPS) is 10.3. The summed E-state index contributed by atoms with van der Waals surface area (Å²) in [6.07, 6.45) is 1.35. The van der Waals surface area contributed by atoms with E-state index in [0.29, 0.717) is 11.6 Å². The lowest BCUT2D eigenvalue weighted by molar-refractivity contribution is -0.116. The van der Waals surface area contributed by atoms with Gasteiger partial charge in [0.05, 0.1) is 12.8 Å². The molecule has 1 aromatic heterocycles. The molecule has 1 aromatic carbocycles. The van der Waals surface area contributed by atoms with E-state index in [9.17, 15) is 4.79 Å². The quantitative estimate of drug-likeness (QED) is 0.909. The van der Waals surface area contributed by atoms with Crippen molar-refractivity contribution in [2.24, 2.45) is 0 Å². The molecule has 1 amide bonds. The molecule has 5 heteroatoms. The number of nitrogens with one attached hydrogen (secondary N) is 1. The fourth-order valence-electron chi connectivity index (χ4n) is 1.89. The number of anilines is 1. The van der Waals surface area contributed by atoms with Gasteiger partial charge in [0.2, 0.25) is 5.91 Å². The van der Waals surface area contributed by atoms with Crippen molar-refractivity contribution < 1.29 is 9.53 Å². The van der Waals surface area contributed by atoms with Crippen molar-refractivity contribution in [2.75, 3.05) is 12.4 Å². The van der Waals surface area contributed by atoms with Crippen molar-refractivity contribution in [3.8, 4) is 17.0 Å². The third-order valence-electron chi connectivity index (χ3n) is 2.86. The fraction of sp³-hybridized carbons (Fsp3) is 0.333. The number of methoxy groups -OCH3 is 1. The van der Waals surface area contributed by atoms with Crippen molar-refractivity contribution in [1.82, 2.24) is 4.98 Å². The van der Waals surface area contributed by atoms with Gasteiger partial charge in [-0.3, -0.25) is 4.79 Å². The lowest BCUT2D eigenvalue weighted by Crippen LogP contribution is -2.10. The molecule has 4 nitrogen and oxygen atoms in total. The summed E-state index contributed by atoms with van der Waals surface area (Å²) in [5.41, 5.74) is 2.91. The van der Waals surface area contributed by atoms with Gasteiger partial charge in [0.1, 0.15) is 5.75 Å². The van der Waals surface area contributed by atoms with Gasteiger partial charge < -0.3 is 10.1 Å². The standard InChI is InChI=1S/C15H18N2O2S/c1-4-5-14(18)17-15-16-12(9-20-15)11-8-10(2)6-7-13(11)19-3/h6-9H,4-5H2,1-3H3,(H,16,17,18). The van der Waals surface area contributed by atoms with Gasteiger partial charge in [0.15, 0.2) is 5.13 Å². The van der Waals surface area contributed by atoms with E-state index in [-0.39, 0.29) is 5.91 Å². The van der Waals surface area contributed by atoms with Crippen LogP contribution in [0.15, 0.2) is 23.6 Å². The average Bonchev–Trinajstić information content (AvgIpc) is 2.87. The Balaban J connectivity index is 2.24. The molecule has 20 heavy (non-hydrogen) atoms. The Morgan fingerprint density at radius 1 is 1.45 bits per heavy atom. The van der Waals surface area contributed by atoms with Crippen molar-refractivity contribution in [1.29, 1.82) is 0 Å². The van der Waals surface area contributed by atoms with E-state index in [0.717, 1.165) is 29.0 Å². The van der Waals surface area contributed by atoms with Gasteiger partial charge in [0, 0.05) is 17.4 Å². The molecule has 0 aliphatic rings. The van der Waals surface area contributed by atoms with Crippen LogP contribution in [0.2, 0.25) is 0 Å². The zero-order valence-electron chi connectivity index (χ0n) is 11.9. The summed E-state index contributed by atoms with van der Waals surface area (Å²) in [4.78, 5) is 16.0. The summed E-state index contributed by atoms with van der Waals surface area (Å²) in [6, 6.07) is 5.96. The Bertz CT molecular complexity index is 608. The minimum atomic E-state index is 0.00427. The average molecular weight is 290 g/mol. The highest BCUT2D eigenvalue weighted by atomic mass is 32.1. The van der Waals surface area contributed by atoms with E-state index in [1.165, 1.54) is 11.3 Å². The van der Waals surface area contributed by atoms with Gasteiger partial charge in [-0.25, -0.2) is 4.98 Å². The van der Waals surface area contributed by atoms with Crippen LogP contribution in [0, 0.1) is 6.92 Å². The second-order valence-electron chi connectivity index (χ2n) is 4.54. The van der Waals surface area contributed by atoms with Gasteiger partial charge in [-0.1, -0.05) is 18.6 Å². The van der Waals surface area contributed by atoms with Gasteiger partial charge >= 0.3 is 0 Å². The van der Waals surface area contributed by atoms with Crippen molar-refractivity contribution in [2.45, 2.75) is 26.7 Å². The van der Waals surface area contributed by atoms with Crippen LogP contribution in [-0.2, 0) is 4.79 Å². The second-order valence-corrected chi connectivity index (χ2v) is 5.40. The molecular weight excluding hydrogens is 272 g/mol. The molecule has 0 aliphatic carbocycles. The summed E-state index contributed by atoms with van der Waals surface area (Å²) in [6.45, 7) is 4.00. The largest absolute Gasteiger partial charge is 0.496 e. The van der Waals surface area contributed by atoms with E-state index >= 15 is 0 Å². The van der Waals surface area contributed by atoms with Crippen molar-refractivity contribution in [3.05, 3.63) is 29.1 Å². The van der Waals surface area contributed by atoms with Crippen LogP contribution in [0.3, 0.4) is 0 Å². The van der Waals surface area contributed by atoms with Crippen LogP contribution in [0.25, 0.3) is 11.3 Å². The molecule has 0 radical (unpaired) electrons. The highest BCUT2D eigenvalue weighted by Crippen LogP contribution is 2.32. The molecule has 2 aromatic rings. The molecule has 0 spiro atoms. The van der Waals surface area contributed by atoms with Crippen LogP contribution in [0.5, 0.6) is 5.75 Å². The molecule has 0 aliphatic heterocycles. The minimum Gasteiger partial charge on any atom is -0.496 e. The van der Waals surface area contributed by atoms with E-state index in [4.69, 9.17) is 4.74 Å². The maximum atomic E-state index is 11.6. The number of rotatable bonds is 5. The first-order valence-electron chi connectivity index (χ1n) is 6.54. The predicted molar refractivity (Wildman–Crippen MR) is 82.4 cm³/mol. The number of amides is 1. The van der Waals surface area contributed by atoms with E-state index in [2.05, 4.69) is 10.3 Å². The molecular formula is C15H18N2O2S. The predicted octanol–water partition coefficient (Wildman–Crippen LogP) is 3.87. The number of hydrogen-bond acceptors (Lipinski definition) is 4. The maximum Gasteiger partial charge on any atom is 0.226 e. The van der Waals surface area contributed by atoms with Gasteiger partial charge in [-0.15, -0.1) is 11.3 Å². The number of hydrogen-bond donors (Lipinski definition) is 1. The molecule has 0 atom stereocenters. The van der Waals surface area contributed by atoms with Crippen LogP contribution in [-0.4, -0.2) is 18.0 Å². The zero-order valence-corrected chi connectivity index (χ0v) is 12.7. The Morgan fingerprint density at radius 2 is 2.25 bits per heavy atom. The van der Waals surface area contributed by atoms with Gasteiger partial charge in [-0.05, 0) is 25.5 Å². The molecule has 1 heterocycles. The summed E-state index contributed by atoms with van der Waals surface area (Å²) < 4.78 is 5.36. The fourth-order valence-corrected chi connectivity index (χ4v) is 2.61. The zero-order chi connectivity index (χ0) is 14.5. The Kier molecular flexibility index (Phi) is 4.74. The summed E-state index contributed by atoms with van der Waals surface area (Å²) in [5.74, 6) is 0.789. The van der Waals surface area contributed by atoms with E-state index < -0.39 is 0 Å². The van der Waals surface area contributed by atoms with Crippen LogP contribution in [0.4, 0.5) is 5.13 Å². The van der Waals surface area contributed by atoms with Crippen molar-refractivity contribution >= 4 is 22.4 Å². The number of carbonyl (C=O) groups is 1. The first kappa shape index (κ1) is 14.5. The number of ether oxygens (including phenoxy) is 1. The lowest BCUT2D eigenvalue weighted by Gasteiger charge is -2.07. The smallest absolute Gasteiger partial charge is 0.226 e. The molecule has 0 saturated carbocycles. The molecule has 1 N–H and O–H groups in total. The number of nitrogens with zero attached hydrogens (tertiary/aromatic N) is 1. The third-order valence-corrected chi connectivity index (χ3v) is 3.62. The molecule has 0 fully saturated rings. The van der Waals surface area contributed by atoms with Gasteiger partial charge in [-0.2, -0.15) is 0 Å². The van der Waals surface area contributed by atoms with E-state index in [1.807, 2.05) is 37.4 Å². The molecule has 2 rings (SSSR count). The summed E-state index contributed by atoms with van der Waals surface area (Å²) in [5, 5.41) is 5.37. The second kappa shape index (κ2) is 6.52. The van der Waals surface area contributed by atoms with E-state index in [1.54, 1.807) is 7.11 Å². The molecule has 106 valence electrons. The van der Waals surface area contributed by atoms with Crippen LogP contribution >= 0.6 is 11.3 Å². The molecule has 0 saturated heterocycles. The highest BCUT2D eigenvalue weighted by molar-refractivity contribution is 7.14. The number of aryl methyl sites for hydroxylation is 1. The molecule has 0 unspecified atom stereocenters. The number of benzene rings is 1. The van der Waals surface area contributed by atoms with Crippen molar-refractivity contribution in [3.63, 3.8) is 0 Å². The third kappa shape index (κ3) is 3.36. The SMILES string of the molecule is CCCC(=O)Nc1nc(-c2cc(C)ccc2OC)cs1. The monoisotopic (exact) mass is 290 g/mol. The number of carbonyl (C=O) groups excluding carboxylic acids is 1. The topological polar surface area (TPSA) is 51.2 Å². The summed E-state index contributed by atoms with van der Waals surface area (Å²) >= 11 is 1.43.